The monoisotopic (exact) mass is 248 g/mol. The quantitative estimate of drug-likeness (QED) is 0.699. The van der Waals surface area contributed by atoms with Gasteiger partial charge in [0.05, 0.1) is 11.8 Å². The molecule has 1 fully saturated rings. The van der Waals surface area contributed by atoms with Gasteiger partial charge in [0.15, 0.2) is 9.84 Å². The summed E-state index contributed by atoms with van der Waals surface area (Å²) in [6, 6.07) is -0.466. The minimum atomic E-state index is -3.02. The molecule has 0 spiro atoms. The standard InChI is InChI=1S/C10H20N2O3S/c1-3-16(14,15)7-8(2)12-10(13)9-5-4-6-11-9/h8-9,11H,3-7H2,1-2H3,(H,12,13). The van der Waals surface area contributed by atoms with Crippen molar-refractivity contribution in [2.24, 2.45) is 0 Å². The van der Waals surface area contributed by atoms with Crippen LogP contribution in [0.25, 0.3) is 0 Å². The van der Waals surface area contributed by atoms with Crippen molar-refractivity contribution in [1.82, 2.24) is 10.6 Å². The van der Waals surface area contributed by atoms with Crippen LogP contribution in [0.2, 0.25) is 0 Å². The molecule has 0 aliphatic carbocycles. The highest BCUT2D eigenvalue weighted by molar-refractivity contribution is 7.91. The fourth-order valence-corrected chi connectivity index (χ4v) is 2.87. The van der Waals surface area contributed by atoms with E-state index in [2.05, 4.69) is 10.6 Å². The van der Waals surface area contributed by atoms with Gasteiger partial charge in [-0.2, -0.15) is 0 Å². The average molecular weight is 248 g/mol. The molecule has 0 radical (unpaired) electrons. The summed E-state index contributed by atoms with van der Waals surface area (Å²) in [6.45, 7) is 4.20. The number of hydrogen-bond acceptors (Lipinski definition) is 4. The number of nitrogens with one attached hydrogen (secondary N) is 2. The van der Waals surface area contributed by atoms with Crippen molar-refractivity contribution < 1.29 is 13.2 Å². The molecule has 0 saturated carbocycles. The van der Waals surface area contributed by atoms with Crippen molar-refractivity contribution in [1.29, 1.82) is 0 Å². The molecule has 1 aliphatic heterocycles. The third kappa shape index (κ3) is 4.09. The Morgan fingerprint density at radius 2 is 2.25 bits per heavy atom. The van der Waals surface area contributed by atoms with E-state index in [0.29, 0.717) is 0 Å². The molecule has 2 N–H and O–H groups in total. The summed E-state index contributed by atoms with van der Waals surface area (Å²) in [6.07, 6.45) is 1.83. The zero-order chi connectivity index (χ0) is 12.2. The third-order valence-electron chi connectivity index (χ3n) is 2.71. The van der Waals surface area contributed by atoms with Gasteiger partial charge in [-0.05, 0) is 26.3 Å². The Bertz CT molecular complexity index is 334. The van der Waals surface area contributed by atoms with E-state index >= 15 is 0 Å². The van der Waals surface area contributed by atoms with Gasteiger partial charge in [-0.25, -0.2) is 8.42 Å². The SMILES string of the molecule is CCS(=O)(=O)CC(C)NC(=O)C1CCCN1. The first kappa shape index (κ1) is 13.4. The zero-order valence-corrected chi connectivity index (χ0v) is 10.6. The molecule has 16 heavy (non-hydrogen) atoms. The molecular formula is C10H20N2O3S. The van der Waals surface area contributed by atoms with Crippen LogP contribution in [-0.2, 0) is 14.6 Å². The number of rotatable bonds is 5. The first-order valence-corrected chi connectivity index (χ1v) is 7.51. The Labute approximate surface area is 96.9 Å². The Hall–Kier alpha value is -0.620. The molecule has 1 heterocycles. The number of hydrogen-bond donors (Lipinski definition) is 2. The second-order valence-corrected chi connectivity index (χ2v) is 6.66. The summed E-state index contributed by atoms with van der Waals surface area (Å²) >= 11 is 0. The van der Waals surface area contributed by atoms with Crippen molar-refractivity contribution in [2.75, 3.05) is 18.1 Å². The fourth-order valence-electron chi connectivity index (χ4n) is 1.79. The molecule has 94 valence electrons. The van der Waals surface area contributed by atoms with Crippen LogP contribution in [0.4, 0.5) is 0 Å². The van der Waals surface area contributed by atoms with Gasteiger partial charge < -0.3 is 10.6 Å². The van der Waals surface area contributed by atoms with E-state index in [0.717, 1.165) is 19.4 Å². The molecule has 2 unspecified atom stereocenters. The summed E-state index contributed by atoms with van der Waals surface area (Å²) in [5.41, 5.74) is 0. The van der Waals surface area contributed by atoms with Crippen LogP contribution in [0.15, 0.2) is 0 Å². The van der Waals surface area contributed by atoms with E-state index in [9.17, 15) is 13.2 Å². The van der Waals surface area contributed by atoms with Crippen molar-refractivity contribution in [3.8, 4) is 0 Å². The molecule has 0 bridgehead atoms. The van der Waals surface area contributed by atoms with Crippen molar-refractivity contribution in [2.45, 2.75) is 38.8 Å². The fraction of sp³-hybridized carbons (Fsp3) is 0.900. The lowest BCUT2D eigenvalue weighted by molar-refractivity contribution is -0.123. The topological polar surface area (TPSA) is 75.3 Å². The first-order valence-electron chi connectivity index (χ1n) is 5.69. The van der Waals surface area contributed by atoms with Crippen molar-refractivity contribution >= 4 is 15.7 Å². The summed E-state index contributed by atoms with van der Waals surface area (Å²) in [7, 11) is -3.02. The van der Waals surface area contributed by atoms with E-state index in [4.69, 9.17) is 0 Å². The van der Waals surface area contributed by atoms with Crippen LogP contribution in [-0.4, -0.2) is 44.5 Å². The lowest BCUT2D eigenvalue weighted by atomic mass is 10.2. The predicted molar refractivity (Wildman–Crippen MR) is 63.0 cm³/mol. The normalized spacial score (nSPS) is 23.0. The summed E-state index contributed by atoms with van der Waals surface area (Å²) in [4.78, 5) is 11.7. The summed E-state index contributed by atoms with van der Waals surface area (Å²) in [5.74, 6) is 0.0490. The minimum absolute atomic E-state index is 0.0158. The Kier molecular flexibility index (Phi) is 4.73. The van der Waals surface area contributed by atoms with Crippen molar-refractivity contribution in [3.05, 3.63) is 0 Å². The molecule has 5 nitrogen and oxygen atoms in total. The Balaban J connectivity index is 2.39. The maximum absolute atomic E-state index is 11.7. The van der Waals surface area contributed by atoms with Gasteiger partial charge in [0.2, 0.25) is 5.91 Å². The van der Waals surface area contributed by atoms with E-state index in [1.807, 2.05) is 0 Å². The number of sulfone groups is 1. The van der Waals surface area contributed by atoms with Gasteiger partial charge in [-0.3, -0.25) is 4.79 Å². The number of carbonyl (C=O) groups excluding carboxylic acids is 1. The van der Waals surface area contributed by atoms with E-state index in [-0.39, 0.29) is 29.5 Å². The van der Waals surface area contributed by atoms with Gasteiger partial charge in [0.25, 0.3) is 0 Å². The van der Waals surface area contributed by atoms with E-state index in [1.54, 1.807) is 13.8 Å². The Morgan fingerprint density at radius 1 is 1.56 bits per heavy atom. The van der Waals surface area contributed by atoms with Crippen LogP contribution < -0.4 is 10.6 Å². The predicted octanol–water partition coefficient (Wildman–Crippen LogP) is -0.322. The molecule has 1 saturated heterocycles. The first-order chi connectivity index (χ1) is 7.44. The third-order valence-corrected chi connectivity index (χ3v) is 4.60. The highest BCUT2D eigenvalue weighted by Gasteiger charge is 2.24. The molecule has 1 rings (SSSR count). The largest absolute Gasteiger partial charge is 0.351 e. The maximum Gasteiger partial charge on any atom is 0.237 e. The Morgan fingerprint density at radius 3 is 2.75 bits per heavy atom. The molecule has 1 aliphatic rings. The molecule has 0 aromatic carbocycles. The minimum Gasteiger partial charge on any atom is -0.351 e. The highest BCUT2D eigenvalue weighted by atomic mass is 32.2. The smallest absolute Gasteiger partial charge is 0.237 e. The van der Waals surface area contributed by atoms with Gasteiger partial charge in [0, 0.05) is 11.8 Å². The molecule has 0 aromatic heterocycles. The summed E-state index contributed by atoms with van der Waals surface area (Å²) in [5, 5.41) is 5.81. The molecule has 0 aromatic rings. The second kappa shape index (κ2) is 5.63. The number of carbonyl (C=O) groups is 1. The van der Waals surface area contributed by atoms with Gasteiger partial charge in [-0.1, -0.05) is 6.92 Å². The van der Waals surface area contributed by atoms with Crippen LogP contribution in [0.3, 0.4) is 0 Å². The van der Waals surface area contributed by atoms with Gasteiger partial charge in [0.1, 0.15) is 0 Å². The molecule has 1 amide bonds. The molecule has 6 heteroatoms. The second-order valence-electron chi connectivity index (χ2n) is 4.26. The molecular weight excluding hydrogens is 228 g/mol. The lowest BCUT2D eigenvalue weighted by Crippen LogP contribution is -2.46. The average Bonchev–Trinajstić information content (AvgIpc) is 2.69. The van der Waals surface area contributed by atoms with Crippen LogP contribution in [0.5, 0.6) is 0 Å². The molecule has 2 atom stereocenters. The van der Waals surface area contributed by atoms with Crippen LogP contribution in [0.1, 0.15) is 26.7 Å². The summed E-state index contributed by atoms with van der Waals surface area (Å²) < 4.78 is 22.7. The van der Waals surface area contributed by atoms with Gasteiger partial charge in [-0.15, -0.1) is 0 Å². The highest BCUT2D eigenvalue weighted by Crippen LogP contribution is 2.05. The van der Waals surface area contributed by atoms with Crippen molar-refractivity contribution in [3.63, 3.8) is 0 Å². The van der Waals surface area contributed by atoms with Crippen LogP contribution >= 0.6 is 0 Å². The lowest BCUT2D eigenvalue weighted by Gasteiger charge is -2.16. The van der Waals surface area contributed by atoms with Gasteiger partial charge >= 0.3 is 0 Å². The van der Waals surface area contributed by atoms with E-state index < -0.39 is 9.84 Å². The number of amides is 1. The van der Waals surface area contributed by atoms with Crippen LogP contribution in [0, 0.1) is 0 Å². The zero-order valence-electron chi connectivity index (χ0n) is 9.82. The maximum atomic E-state index is 11.7. The van der Waals surface area contributed by atoms with E-state index in [1.165, 1.54) is 0 Å².